The van der Waals surface area contributed by atoms with Crippen molar-refractivity contribution in [3.8, 4) is 5.75 Å². The van der Waals surface area contributed by atoms with Crippen LogP contribution < -0.4 is 4.74 Å². The molecular formula is C15H17N3O3. The Balaban J connectivity index is 1.54. The number of ether oxygens (including phenoxy) is 1. The summed E-state index contributed by atoms with van der Waals surface area (Å²) in [6, 6.07) is 9.11. The van der Waals surface area contributed by atoms with Crippen LogP contribution in [0.15, 0.2) is 34.9 Å². The van der Waals surface area contributed by atoms with Crippen LogP contribution in [0.3, 0.4) is 0 Å². The number of piperidine rings is 1. The predicted molar refractivity (Wildman–Crippen MR) is 75.0 cm³/mol. The van der Waals surface area contributed by atoms with E-state index in [1.807, 2.05) is 18.2 Å². The van der Waals surface area contributed by atoms with Crippen LogP contribution >= 0.6 is 0 Å². The molecule has 3 rings (SSSR count). The SMILES string of the molecule is Cc1nc(C2CCN(C(=O)Oc3ccccc3)CC2)no1. The molecule has 1 aliphatic heterocycles. The molecule has 0 bridgehead atoms. The highest BCUT2D eigenvalue weighted by Gasteiger charge is 2.27. The van der Waals surface area contributed by atoms with Gasteiger partial charge in [-0.25, -0.2) is 4.79 Å². The first kappa shape index (κ1) is 13.6. The second-order valence-electron chi connectivity index (χ2n) is 5.11. The number of nitrogens with zero attached hydrogens (tertiary/aromatic N) is 3. The van der Waals surface area contributed by atoms with Crippen molar-refractivity contribution in [2.45, 2.75) is 25.7 Å². The largest absolute Gasteiger partial charge is 0.415 e. The minimum Gasteiger partial charge on any atom is -0.410 e. The maximum Gasteiger partial charge on any atom is 0.415 e. The number of hydrogen-bond donors (Lipinski definition) is 0. The molecule has 1 saturated heterocycles. The zero-order chi connectivity index (χ0) is 14.7. The molecule has 0 radical (unpaired) electrons. The molecule has 1 amide bonds. The fraction of sp³-hybridized carbons (Fsp3) is 0.400. The van der Waals surface area contributed by atoms with Crippen LogP contribution in [0.5, 0.6) is 5.75 Å². The Kier molecular flexibility index (Phi) is 3.85. The number of carbonyl (C=O) groups excluding carboxylic acids is 1. The molecule has 1 aromatic carbocycles. The van der Waals surface area contributed by atoms with Crippen LogP contribution in [0.4, 0.5) is 4.79 Å². The second-order valence-corrected chi connectivity index (χ2v) is 5.11. The van der Waals surface area contributed by atoms with Crippen molar-refractivity contribution in [2.24, 2.45) is 0 Å². The first-order valence-electron chi connectivity index (χ1n) is 7.04. The van der Waals surface area contributed by atoms with E-state index < -0.39 is 0 Å². The van der Waals surface area contributed by atoms with Gasteiger partial charge in [-0.15, -0.1) is 0 Å². The average Bonchev–Trinajstić information content (AvgIpc) is 2.95. The van der Waals surface area contributed by atoms with E-state index in [9.17, 15) is 4.79 Å². The molecule has 0 atom stereocenters. The summed E-state index contributed by atoms with van der Waals surface area (Å²) in [5.74, 6) is 2.14. The lowest BCUT2D eigenvalue weighted by Gasteiger charge is -2.29. The molecule has 0 saturated carbocycles. The number of carbonyl (C=O) groups is 1. The van der Waals surface area contributed by atoms with E-state index in [0.29, 0.717) is 24.7 Å². The summed E-state index contributed by atoms with van der Waals surface area (Å²) in [6.07, 6.45) is 1.34. The smallest absolute Gasteiger partial charge is 0.410 e. The third-order valence-electron chi connectivity index (χ3n) is 3.61. The molecule has 0 aliphatic carbocycles. The molecule has 0 spiro atoms. The zero-order valence-corrected chi connectivity index (χ0v) is 11.9. The van der Waals surface area contributed by atoms with Crippen LogP contribution in [0.2, 0.25) is 0 Å². The van der Waals surface area contributed by atoms with E-state index in [1.54, 1.807) is 24.0 Å². The highest BCUT2D eigenvalue weighted by molar-refractivity contribution is 5.70. The van der Waals surface area contributed by atoms with Crippen LogP contribution in [0.1, 0.15) is 30.5 Å². The van der Waals surface area contributed by atoms with Gasteiger partial charge in [0.1, 0.15) is 5.75 Å². The summed E-state index contributed by atoms with van der Waals surface area (Å²) in [5.41, 5.74) is 0. The third kappa shape index (κ3) is 3.21. The van der Waals surface area contributed by atoms with E-state index in [-0.39, 0.29) is 12.0 Å². The summed E-state index contributed by atoms with van der Waals surface area (Å²) < 4.78 is 10.3. The van der Waals surface area contributed by atoms with Crippen molar-refractivity contribution in [3.63, 3.8) is 0 Å². The number of rotatable bonds is 2. The summed E-state index contributed by atoms with van der Waals surface area (Å²) in [5, 5.41) is 3.96. The molecule has 1 aromatic heterocycles. The lowest BCUT2D eigenvalue weighted by Crippen LogP contribution is -2.39. The van der Waals surface area contributed by atoms with Gasteiger partial charge in [0.05, 0.1) is 0 Å². The second kappa shape index (κ2) is 5.95. The number of hydrogen-bond acceptors (Lipinski definition) is 5. The molecular weight excluding hydrogens is 270 g/mol. The molecule has 6 nitrogen and oxygen atoms in total. The Labute approximate surface area is 122 Å². The number of aromatic nitrogens is 2. The molecule has 0 unspecified atom stereocenters. The van der Waals surface area contributed by atoms with Crippen molar-refractivity contribution in [3.05, 3.63) is 42.0 Å². The van der Waals surface area contributed by atoms with Gasteiger partial charge in [-0.2, -0.15) is 4.98 Å². The predicted octanol–water partition coefficient (Wildman–Crippen LogP) is 2.76. The van der Waals surface area contributed by atoms with Crippen molar-refractivity contribution in [2.75, 3.05) is 13.1 Å². The maximum absolute atomic E-state index is 12.1. The molecule has 1 aliphatic rings. The van der Waals surface area contributed by atoms with E-state index >= 15 is 0 Å². The molecule has 2 aromatic rings. The van der Waals surface area contributed by atoms with Gasteiger partial charge in [0, 0.05) is 25.9 Å². The lowest BCUT2D eigenvalue weighted by atomic mass is 9.96. The van der Waals surface area contributed by atoms with Gasteiger partial charge in [-0.3, -0.25) is 0 Å². The number of likely N-dealkylation sites (tertiary alicyclic amines) is 1. The molecule has 6 heteroatoms. The van der Waals surface area contributed by atoms with Crippen LogP contribution in [-0.2, 0) is 0 Å². The maximum atomic E-state index is 12.1. The normalized spacial score (nSPS) is 16.0. The fourth-order valence-corrected chi connectivity index (χ4v) is 2.45. The zero-order valence-electron chi connectivity index (χ0n) is 11.9. The molecule has 21 heavy (non-hydrogen) atoms. The van der Waals surface area contributed by atoms with Crippen molar-refractivity contribution >= 4 is 6.09 Å². The number of amides is 1. The number of para-hydroxylation sites is 1. The van der Waals surface area contributed by atoms with Gasteiger partial charge in [0.25, 0.3) is 0 Å². The van der Waals surface area contributed by atoms with Gasteiger partial charge in [0.15, 0.2) is 5.82 Å². The van der Waals surface area contributed by atoms with E-state index in [0.717, 1.165) is 18.7 Å². The first-order chi connectivity index (χ1) is 10.2. The van der Waals surface area contributed by atoms with Gasteiger partial charge in [-0.05, 0) is 25.0 Å². The van der Waals surface area contributed by atoms with Gasteiger partial charge >= 0.3 is 6.09 Å². The third-order valence-corrected chi connectivity index (χ3v) is 3.61. The van der Waals surface area contributed by atoms with Crippen LogP contribution in [0.25, 0.3) is 0 Å². The minimum absolute atomic E-state index is 0.253. The van der Waals surface area contributed by atoms with Gasteiger partial charge in [0.2, 0.25) is 5.89 Å². The van der Waals surface area contributed by atoms with Crippen molar-refractivity contribution in [1.82, 2.24) is 15.0 Å². The van der Waals surface area contributed by atoms with Crippen LogP contribution in [0, 0.1) is 6.92 Å². The first-order valence-corrected chi connectivity index (χ1v) is 7.04. The highest BCUT2D eigenvalue weighted by atomic mass is 16.6. The Morgan fingerprint density at radius 3 is 2.62 bits per heavy atom. The quantitative estimate of drug-likeness (QED) is 0.849. The molecule has 1 fully saturated rings. The fourth-order valence-electron chi connectivity index (χ4n) is 2.45. The average molecular weight is 287 g/mol. The summed E-state index contributed by atoms with van der Waals surface area (Å²) in [7, 11) is 0. The monoisotopic (exact) mass is 287 g/mol. The van der Waals surface area contributed by atoms with Crippen molar-refractivity contribution in [1.29, 1.82) is 0 Å². The lowest BCUT2D eigenvalue weighted by molar-refractivity contribution is 0.137. The summed E-state index contributed by atoms with van der Waals surface area (Å²) in [6.45, 7) is 3.07. The highest BCUT2D eigenvalue weighted by Crippen LogP contribution is 2.26. The molecule has 110 valence electrons. The Morgan fingerprint density at radius 1 is 1.29 bits per heavy atom. The van der Waals surface area contributed by atoms with Gasteiger partial charge in [-0.1, -0.05) is 23.4 Å². The van der Waals surface area contributed by atoms with E-state index in [4.69, 9.17) is 9.26 Å². The van der Waals surface area contributed by atoms with Gasteiger partial charge < -0.3 is 14.2 Å². The molecule has 0 N–H and O–H groups in total. The Morgan fingerprint density at radius 2 is 2.00 bits per heavy atom. The minimum atomic E-state index is -0.302. The topological polar surface area (TPSA) is 68.5 Å². The Bertz CT molecular complexity index is 604. The Hall–Kier alpha value is -2.37. The van der Waals surface area contributed by atoms with Crippen LogP contribution in [-0.4, -0.2) is 34.2 Å². The van der Waals surface area contributed by atoms with E-state index in [2.05, 4.69) is 10.1 Å². The molecule has 2 heterocycles. The number of aryl methyl sites for hydroxylation is 1. The standard InChI is InChI=1S/C15H17N3O3/c1-11-16-14(17-21-11)12-7-9-18(10-8-12)15(19)20-13-5-3-2-4-6-13/h2-6,12H,7-10H2,1H3. The van der Waals surface area contributed by atoms with E-state index in [1.165, 1.54) is 0 Å². The summed E-state index contributed by atoms with van der Waals surface area (Å²) >= 11 is 0. The number of benzene rings is 1. The van der Waals surface area contributed by atoms with Crippen molar-refractivity contribution < 1.29 is 14.1 Å². The summed E-state index contributed by atoms with van der Waals surface area (Å²) in [4.78, 5) is 18.0.